The van der Waals surface area contributed by atoms with E-state index < -0.39 is 12.4 Å². The quantitative estimate of drug-likeness (QED) is 0.0935. The lowest BCUT2D eigenvalue weighted by atomic mass is 10.0. The summed E-state index contributed by atoms with van der Waals surface area (Å²) in [6, 6.07) is -1.79. The molecular weight excluding hydrogens is 399 g/mol. The molecule has 0 saturated carbocycles. The SMILES string of the molecule is [2H]C([2H])(CCCCCCCCCCCCCCCC)CCCCC[Si](Cl)(Cl)Cl. The highest BCUT2D eigenvalue weighted by molar-refractivity contribution is 7.64. The first-order valence-corrected chi connectivity index (χ1v) is 16.6. The van der Waals surface area contributed by atoms with Gasteiger partial charge in [-0.05, 0) is 6.04 Å². The molecule has 0 radical (unpaired) electrons. The molecule has 4 heteroatoms. The summed E-state index contributed by atoms with van der Waals surface area (Å²) in [7, 11) is 0. The van der Waals surface area contributed by atoms with Gasteiger partial charge in [-0.2, -0.15) is 0 Å². The first-order valence-electron chi connectivity index (χ1n) is 12.3. The topological polar surface area (TPSA) is 0 Å². The number of rotatable bonds is 21. The molecule has 0 saturated heterocycles. The van der Waals surface area contributed by atoms with Crippen LogP contribution >= 0.6 is 33.2 Å². The lowest BCUT2D eigenvalue weighted by Gasteiger charge is -2.07. The van der Waals surface area contributed by atoms with Crippen LogP contribution in [0.1, 0.15) is 138 Å². The number of halogens is 3. The third kappa shape index (κ3) is 25.1. The van der Waals surface area contributed by atoms with Gasteiger partial charge in [0.1, 0.15) is 0 Å². The van der Waals surface area contributed by atoms with E-state index in [1.165, 1.54) is 83.5 Å². The van der Waals surface area contributed by atoms with Crippen LogP contribution in [0.4, 0.5) is 0 Å². The molecule has 0 N–H and O–H groups in total. The van der Waals surface area contributed by atoms with Gasteiger partial charge in [-0.1, -0.05) is 135 Å². The lowest BCUT2D eigenvalue weighted by Crippen LogP contribution is -2.07. The van der Waals surface area contributed by atoms with Crippen molar-refractivity contribution in [2.45, 2.75) is 141 Å². The van der Waals surface area contributed by atoms with Gasteiger partial charge >= 0.3 is 6.00 Å². The highest BCUT2D eigenvalue weighted by Gasteiger charge is 2.23. The Bertz CT molecular complexity index is 336. The Hall–Kier alpha value is 1.09. The largest absolute Gasteiger partial charge is 0.341 e. The maximum Gasteiger partial charge on any atom is 0.341 e. The molecule has 0 aromatic heterocycles. The van der Waals surface area contributed by atoms with Gasteiger partial charge in [0.25, 0.3) is 0 Å². The Kier molecular flexibility index (Phi) is 18.7. The average Bonchev–Trinajstić information content (AvgIpc) is 2.60. The summed E-state index contributed by atoms with van der Waals surface area (Å²) < 4.78 is 16.3. The van der Waals surface area contributed by atoms with Crippen molar-refractivity contribution < 1.29 is 2.74 Å². The van der Waals surface area contributed by atoms with Crippen molar-refractivity contribution in [1.29, 1.82) is 0 Å². The fraction of sp³-hybridized carbons (Fsp3) is 1.00. The van der Waals surface area contributed by atoms with Crippen LogP contribution in [0.15, 0.2) is 0 Å². The minimum atomic E-state index is -2.48. The highest BCUT2D eigenvalue weighted by Crippen LogP contribution is 2.27. The summed E-state index contributed by atoms with van der Waals surface area (Å²) >= 11 is 17.6. The van der Waals surface area contributed by atoms with E-state index in [0.717, 1.165) is 25.7 Å². The van der Waals surface area contributed by atoms with E-state index in [-0.39, 0.29) is 0 Å². The lowest BCUT2D eigenvalue weighted by molar-refractivity contribution is 0.523. The van der Waals surface area contributed by atoms with Crippen molar-refractivity contribution in [3.8, 4) is 0 Å². The molecule has 0 aliphatic rings. The van der Waals surface area contributed by atoms with Gasteiger partial charge in [-0.25, -0.2) is 0 Å². The standard InChI is InChI=1S/C22H45Cl3Si/c1-2-3-4-5-6-7-8-9-10-11-12-13-14-15-16-17-18-19-20-21-22-26(23,24)25/h2-22H2,1H3/i17D2. The number of hydrogen-bond acceptors (Lipinski definition) is 0. The monoisotopic (exact) mass is 444 g/mol. The summed E-state index contributed by atoms with van der Waals surface area (Å²) in [4.78, 5) is 0. The van der Waals surface area contributed by atoms with Crippen LogP contribution < -0.4 is 0 Å². The number of hydrogen-bond donors (Lipinski definition) is 0. The number of unbranched alkanes of at least 4 members (excludes halogenated alkanes) is 15. The minimum absolute atomic E-state index is 0.646. The van der Waals surface area contributed by atoms with Gasteiger partial charge in [-0.3, -0.25) is 0 Å². The molecule has 26 heavy (non-hydrogen) atoms. The Labute approximate surface area is 183 Å². The van der Waals surface area contributed by atoms with Crippen LogP contribution in [0.2, 0.25) is 6.04 Å². The fourth-order valence-electron chi connectivity index (χ4n) is 3.32. The normalized spacial score (nSPS) is 13.7. The minimum Gasteiger partial charge on any atom is -0.126 e. The predicted octanol–water partition coefficient (Wildman–Crippen LogP) is 10.5. The van der Waals surface area contributed by atoms with Gasteiger partial charge in [0.05, 0.1) is 0 Å². The first-order chi connectivity index (χ1) is 13.3. The van der Waals surface area contributed by atoms with Crippen molar-refractivity contribution >= 4 is 39.2 Å². The van der Waals surface area contributed by atoms with E-state index in [1.807, 2.05) is 0 Å². The van der Waals surface area contributed by atoms with E-state index in [4.69, 9.17) is 36.0 Å². The molecule has 0 aliphatic heterocycles. The summed E-state index contributed by atoms with van der Waals surface area (Å²) in [5.41, 5.74) is 0. The van der Waals surface area contributed by atoms with Crippen molar-refractivity contribution in [3.05, 3.63) is 0 Å². The van der Waals surface area contributed by atoms with Crippen LogP contribution in [0, 0.1) is 0 Å². The zero-order valence-corrected chi connectivity index (χ0v) is 20.5. The molecule has 0 nitrogen and oxygen atoms in total. The van der Waals surface area contributed by atoms with E-state index in [2.05, 4.69) is 6.92 Å². The maximum absolute atomic E-state index is 8.15. The zero-order valence-electron chi connectivity index (χ0n) is 19.3. The van der Waals surface area contributed by atoms with Gasteiger partial charge in [0.2, 0.25) is 0 Å². The van der Waals surface area contributed by atoms with Gasteiger partial charge in [0.15, 0.2) is 0 Å². The highest BCUT2D eigenvalue weighted by atomic mass is 35.8. The van der Waals surface area contributed by atoms with Crippen molar-refractivity contribution in [2.75, 3.05) is 0 Å². The van der Waals surface area contributed by atoms with Crippen LogP contribution in [-0.2, 0) is 0 Å². The average molecular weight is 446 g/mol. The molecule has 0 aromatic carbocycles. The Morgan fingerprint density at radius 2 is 0.808 bits per heavy atom. The Balaban J connectivity index is 3.33. The second-order valence-corrected chi connectivity index (χ2v) is 17.1. The maximum atomic E-state index is 8.15. The van der Waals surface area contributed by atoms with Crippen molar-refractivity contribution in [3.63, 3.8) is 0 Å². The molecule has 0 aromatic rings. The molecular formula is C22H45Cl3Si. The second kappa shape index (κ2) is 20.8. The molecule has 158 valence electrons. The van der Waals surface area contributed by atoms with Crippen molar-refractivity contribution in [1.82, 2.24) is 0 Å². The Morgan fingerprint density at radius 3 is 1.15 bits per heavy atom. The molecule has 0 aliphatic carbocycles. The zero-order chi connectivity index (χ0) is 21.1. The fourth-order valence-corrected chi connectivity index (χ4v) is 5.18. The van der Waals surface area contributed by atoms with Crippen molar-refractivity contribution in [2.24, 2.45) is 0 Å². The molecule has 0 bridgehead atoms. The van der Waals surface area contributed by atoms with Crippen LogP contribution in [0.25, 0.3) is 0 Å². The Morgan fingerprint density at radius 1 is 0.500 bits per heavy atom. The third-order valence-corrected chi connectivity index (χ3v) is 7.64. The molecule has 0 atom stereocenters. The van der Waals surface area contributed by atoms with E-state index in [9.17, 15) is 0 Å². The third-order valence-electron chi connectivity index (χ3n) is 5.02. The summed E-state index contributed by atoms with van der Waals surface area (Å²) in [5, 5.41) is 0. The molecule has 0 unspecified atom stereocenters. The van der Waals surface area contributed by atoms with E-state index in [0.29, 0.717) is 18.9 Å². The van der Waals surface area contributed by atoms with Crippen LogP contribution in [0.5, 0.6) is 0 Å². The van der Waals surface area contributed by atoms with Gasteiger partial charge in [0, 0.05) is 2.74 Å². The molecule has 0 heterocycles. The van der Waals surface area contributed by atoms with Crippen LogP contribution in [-0.4, -0.2) is 6.00 Å². The molecule has 0 rings (SSSR count). The predicted molar refractivity (Wildman–Crippen MR) is 126 cm³/mol. The van der Waals surface area contributed by atoms with Gasteiger partial charge < -0.3 is 0 Å². The van der Waals surface area contributed by atoms with E-state index >= 15 is 0 Å². The summed E-state index contributed by atoms with van der Waals surface area (Å²) in [6.45, 7) is 2.27. The van der Waals surface area contributed by atoms with Crippen LogP contribution in [0.3, 0.4) is 0 Å². The molecule has 0 fully saturated rings. The molecule has 0 spiro atoms. The summed E-state index contributed by atoms with van der Waals surface area (Å²) in [6.07, 6.45) is 21.9. The second-order valence-electron chi connectivity index (χ2n) is 7.77. The van der Waals surface area contributed by atoms with Gasteiger partial charge in [-0.15, -0.1) is 33.2 Å². The smallest absolute Gasteiger partial charge is 0.126 e. The summed E-state index contributed by atoms with van der Waals surface area (Å²) in [5.74, 6) is 0. The van der Waals surface area contributed by atoms with E-state index in [1.54, 1.807) is 0 Å². The first kappa shape index (κ1) is 23.4. The molecule has 0 amide bonds.